The molecule has 1 atom stereocenters. The van der Waals surface area contributed by atoms with Crippen LogP contribution in [0.2, 0.25) is 0 Å². The normalized spacial score (nSPS) is 16.5. The topological polar surface area (TPSA) is 47.6 Å². The lowest BCUT2D eigenvalue weighted by atomic mass is 10.2. The Balaban J connectivity index is 1.50. The van der Waals surface area contributed by atoms with Crippen molar-refractivity contribution in [3.63, 3.8) is 0 Å². The Kier molecular flexibility index (Phi) is 4.45. The van der Waals surface area contributed by atoms with Crippen molar-refractivity contribution < 1.29 is 14.3 Å². The zero-order valence-electron chi connectivity index (χ0n) is 11.2. The van der Waals surface area contributed by atoms with Crippen LogP contribution < -0.4 is 14.8 Å². The Bertz CT molecular complexity index is 643. The van der Waals surface area contributed by atoms with E-state index in [0.29, 0.717) is 18.0 Å². The van der Waals surface area contributed by atoms with Gasteiger partial charge in [0, 0.05) is 11.4 Å². The van der Waals surface area contributed by atoms with Crippen LogP contribution in [0.1, 0.15) is 4.88 Å². The van der Waals surface area contributed by atoms with Crippen molar-refractivity contribution >= 4 is 33.2 Å². The molecule has 1 aliphatic heterocycles. The van der Waals surface area contributed by atoms with E-state index in [-0.39, 0.29) is 12.5 Å². The molecule has 1 aliphatic rings. The second-order valence-corrected chi connectivity index (χ2v) is 7.16. The molecule has 0 saturated heterocycles. The Morgan fingerprint density at radius 1 is 1.29 bits per heavy atom. The third-order valence-corrected chi connectivity index (χ3v) is 4.78. The number of fused-ring (bicyclic) bond motifs is 1. The standard InChI is InChI=1S/C15H14BrNO3S/c16-14-6-5-10(21-14)7-8-17-15(18)13-9-19-11-3-1-2-4-12(11)20-13/h1-6,13H,7-9H2,(H,17,18). The molecule has 21 heavy (non-hydrogen) atoms. The first-order chi connectivity index (χ1) is 10.2. The number of nitrogens with one attached hydrogen (secondary N) is 1. The van der Waals surface area contributed by atoms with Crippen molar-refractivity contribution in [3.05, 3.63) is 45.1 Å². The van der Waals surface area contributed by atoms with Gasteiger partial charge in [0.05, 0.1) is 3.79 Å². The maximum atomic E-state index is 12.1. The van der Waals surface area contributed by atoms with Gasteiger partial charge < -0.3 is 14.8 Å². The number of ether oxygens (including phenoxy) is 2. The van der Waals surface area contributed by atoms with E-state index in [1.807, 2.05) is 24.3 Å². The van der Waals surface area contributed by atoms with Gasteiger partial charge in [0.25, 0.3) is 5.91 Å². The van der Waals surface area contributed by atoms with Gasteiger partial charge in [0.2, 0.25) is 6.10 Å². The molecule has 1 unspecified atom stereocenters. The largest absolute Gasteiger partial charge is 0.485 e. The molecule has 0 aliphatic carbocycles. The van der Waals surface area contributed by atoms with Crippen LogP contribution in [-0.2, 0) is 11.2 Å². The van der Waals surface area contributed by atoms with E-state index in [2.05, 4.69) is 27.3 Å². The number of para-hydroxylation sites is 2. The maximum absolute atomic E-state index is 12.1. The summed E-state index contributed by atoms with van der Waals surface area (Å²) in [4.78, 5) is 13.3. The van der Waals surface area contributed by atoms with Crippen LogP contribution in [0.4, 0.5) is 0 Å². The number of halogens is 1. The fourth-order valence-electron chi connectivity index (χ4n) is 2.06. The molecule has 0 radical (unpaired) electrons. The van der Waals surface area contributed by atoms with Crippen molar-refractivity contribution in [2.24, 2.45) is 0 Å². The zero-order chi connectivity index (χ0) is 14.7. The van der Waals surface area contributed by atoms with E-state index in [9.17, 15) is 4.79 Å². The van der Waals surface area contributed by atoms with Crippen LogP contribution in [0.3, 0.4) is 0 Å². The molecule has 3 rings (SSSR count). The number of hydrogen-bond donors (Lipinski definition) is 1. The summed E-state index contributed by atoms with van der Waals surface area (Å²) in [6.45, 7) is 0.834. The molecule has 0 spiro atoms. The van der Waals surface area contributed by atoms with Gasteiger partial charge >= 0.3 is 0 Å². The molecule has 2 aromatic rings. The summed E-state index contributed by atoms with van der Waals surface area (Å²) in [5.41, 5.74) is 0. The van der Waals surface area contributed by atoms with Gasteiger partial charge in [0.1, 0.15) is 6.61 Å². The lowest BCUT2D eigenvalue weighted by Crippen LogP contribution is -2.44. The fraction of sp³-hybridized carbons (Fsp3) is 0.267. The van der Waals surface area contributed by atoms with Crippen LogP contribution >= 0.6 is 27.3 Å². The molecule has 0 saturated carbocycles. The Hall–Kier alpha value is -1.53. The van der Waals surface area contributed by atoms with Gasteiger partial charge in [-0.3, -0.25) is 4.79 Å². The number of carbonyl (C=O) groups excluding carboxylic acids is 1. The molecule has 6 heteroatoms. The lowest BCUT2D eigenvalue weighted by Gasteiger charge is -2.25. The molecule has 1 N–H and O–H groups in total. The number of hydrogen-bond acceptors (Lipinski definition) is 4. The van der Waals surface area contributed by atoms with Crippen LogP contribution in [0.15, 0.2) is 40.2 Å². The van der Waals surface area contributed by atoms with E-state index < -0.39 is 6.10 Å². The first-order valence-corrected chi connectivity index (χ1v) is 8.24. The van der Waals surface area contributed by atoms with Gasteiger partial charge in [-0.05, 0) is 46.6 Å². The van der Waals surface area contributed by atoms with Crippen molar-refractivity contribution in [3.8, 4) is 11.5 Å². The average Bonchev–Trinajstić information content (AvgIpc) is 2.92. The molecule has 4 nitrogen and oxygen atoms in total. The van der Waals surface area contributed by atoms with Gasteiger partial charge in [-0.1, -0.05) is 12.1 Å². The maximum Gasteiger partial charge on any atom is 0.264 e. The van der Waals surface area contributed by atoms with Gasteiger partial charge in [-0.2, -0.15) is 0 Å². The third kappa shape index (κ3) is 3.57. The van der Waals surface area contributed by atoms with Gasteiger partial charge in [-0.15, -0.1) is 11.3 Å². The van der Waals surface area contributed by atoms with Gasteiger partial charge in [-0.25, -0.2) is 0 Å². The minimum atomic E-state index is -0.588. The van der Waals surface area contributed by atoms with E-state index in [4.69, 9.17) is 9.47 Å². The molecular formula is C15H14BrNO3S. The summed E-state index contributed by atoms with van der Waals surface area (Å²) >= 11 is 5.10. The molecule has 1 aromatic carbocycles. The van der Waals surface area contributed by atoms with E-state index in [0.717, 1.165) is 10.2 Å². The van der Waals surface area contributed by atoms with Crippen molar-refractivity contribution in [1.29, 1.82) is 0 Å². The van der Waals surface area contributed by atoms with E-state index in [1.54, 1.807) is 17.4 Å². The highest BCUT2D eigenvalue weighted by Gasteiger charge is 2.26. The summed E-state index contributed by atoms with van der Waals surface area (Å²) in [6, 6.07) is 11.4. The molecule has 110 valence electrons. The van der Waals surface area contributed by atoms with Crippen LogP contribution in [0.25, 0.3) is 0 Å². The van der Waals surface area contributed by atoms with Crippen LogP contribution in [-0.4, -0.2) is 25.2 Å². The second-order valence-electron chi connectivity index (χ2n) is 4.61. The van der Waals surface area contributed by atoms with Crippen LogP contribution in [0, 0.1) is 0 Å². The fourth-order valence-corrected chi connectivity index (χ4v) is 3.54. The molecule has 1 aromatic heterocycles. The number of benzene rings is 1. The number of amides is 1. The number of carbonyl (C=O) groups is 1. The molecule has 2 heterocycles. The SMILES string of the molecule is O=C(NCCc1ccc(Br)s1)C1COc2ccccc2O1. The lowest BCUT2D eigenvalue weighted by molar-refractivity contribution is -0.130. The monoisotopic (exact) mass is 367 g/mol. The predicted molar refractivity (Wildman–Crippen MR) is 85.1 cm³/mol. The summed E-state index contributed by atoms with van der Waals surface area (Å²) in [5.74, 6) is 1.16. The van der Waals surface area contributed by atoms with Crippen molar-refractivity contribution in [1.82, 2.24) is 5.32 Å². The molecule has 0 bridgehead atoms. The van der Waals surface area contributed by atoms with Crippen LogP contribution in [0.5, 0.6) is 11.5 Å². The summed E-state index contributed by atoms with van der Waals surface area (Å²) in [5, 5.41) is 2.89. The Morgan fingerprint density at radius 3 is 2.86 bits per heavy atom. The summed E-state index contributed by atoms with van der Waals surface area (Å²) < 4.78 is 12.3. The Morgan fingerprint density at radius 2 is 2.10 bits per heavy atom. The summed E-state index contributed by atoms with van der Waals surface area (Å²) in [7, 11) is 0. The number of rotatable bonds is 4. The highest BCUT2D eigenvalue weighted by Crippen LogP contribution is 2.30. The molecule has 0 fully saturated rings. The first kappa shape index (κ1) is 14.4. The van der Waals surface area contributed by atoms with Gasteiger partial charge in [0.15, 0.2) is 11.5 Å². The third-order valence-electron chi connectivity index (χ3n) is 3.10. The van der Waals surface area contributed by atoms with E-state index in [1.165, 1.54) is 4.88 Å². The minimum absolute atomic E-state index is 0.139. The average molecular weight is 368 g/mol. The summed E-state index contributed by atoms with van der Waals surface area (Å²) in [6.07, 6.45) is 0.224. The van der Waals surface area contributed by atoms with Crippen molar-refractivity contribution in [2.45, 2.75) is 12.5 Å². The molecule has 1 amide bonds. The Labute approximate surface area is 135 Å². The minimum Gasteiger partial charge on any atom is -0.485 e. The zero-order valence-corrected chi connectivity index (χ0v) is 13.6. The smallest absolute Gasteiger partial charge is 0.264 e. The number of thiophene rings is 1. The second kappa shape index (κ2) is 6.49. The first-order valence-electron chi connectivity index (χ1n) is 6.63. The highest BCUT2D eigenvalue weighted by molar-refractivity contribution is 9.11. The van der Waals surface area contributed by atoms with E-state index >= 15 is 0 Å². The van der Waals surface area contributed by atoms with Crippen molar-refractivity contribution in [2.75, 3.05) is 13.2 Å². The highest BCUT2D eigenvalue weighted by atomic mass is 79.9. The predicted octanol–water partition coefficient (Wildman–Crippen LogP) is 3.01. The quantitative estimate of drug-likeness (QED) is 0.903. The molecular weight excluding hydrogens is 354 g/mol.